The van der Waals surface area contributed by atoms with Gasteiger partial charge in [0.05, 0.1) is 26.1 Å². The molecule has 1 atom stereocenters. The molecular weight excluding hydrogens is 240 g/mol. The number of nitrogens with zero attached hydrogens (tertiary/aromatic N) is 2. The molecule has 1 aromatic rings. The van der Waals surface area contributed by atoms with Crippen molar-refractivity contribution in [2.75, 3.05) is 13.7 Å². The summed E-state index contributed by atoms with van der Waals surface area (Å²) in [5.74, 6) is -0.285. The van der Waals surface area contributed by atoms with Crippen LogP contribution < -0.4 is 0 Å². The lowest BCUT2D eigenvalue weighted by atomic mass is 10.0. The van der Waals surface area contributed by atoms with Gasteiger partial charge in [0.1, 0.15) is 0 Å². The highest BCUT2D eigenvalue weighted by atomic mass is 16.5. The molecule has 0 amide bonds. The van der Waals surface area contributed by atoms with Crippen LogP contribution in [0.25, 0.3) is 0 Å². The number of methoxy groups -OCH3 is 1. The van der Waals surface area contributed by atoms with Crippen molar-refractivity contribution in [3.8, 4) is 6.07 Å². The summed E-state index contributed by atoms with van der Waals surface area (Å²) in [6.07, 6.45) is 0.346. The van der Waals surface area contributed by atoms with Crippen LogP contribution >= 0.6 is 0 Å². The zero-order valence-corrected chi connectivity index (χ0v) is 11.7. The van der Waals surface area contributed by atoms with E-state index in [1.807, 2.05) is 49.1 Å². The largest absolute Gasteiger partial charge is 0.468 e. The van der Waals surface area contributed by atoms with E-state index < -0.39 is 0 Å². The molecule has 0 aliphatic rings. The molecule has 1 aromatic carbocycles. The maximum Gasteiger partial charge on any atom is 0.319 e. The molecule has 4 heteroatoms. The van der Waals surface area contributed by atoms with Crippen molar-refractivity contribution in [1.29, 1.82) is 5.26 Å². The van der Waals surface area contributed by atoms with Gasteiger partial charge < -0.3 is 4.74 Å². The second kappa shape index (κ2) is 7.55. The van der Waals surface area contributed by atoms with Crippen LogP contribution in [0.1, 0.15) is 31.9 Å². The van der Waals surface area contributed by atoms with Gasteiger partial charge in [-0.2, -0.15) is 5.26 Å². The van der Waals surface area contributed by atoms with Crippen LogP contribution in [-0.4, -0.2) is 30.6 Å². The molecule has 0 bridgehead atoms. The first-order chi connectivity index (χ1) is 9.10. The second-order valence-corrected chi connectivity index (χ2v) is 4.63. The van der Waals surface area contributed by atoms with Crippen LogP contribution in [0, 0.1) is 11.3 Å². The summed E-state index contributed by atoms with van der Waals surface area (Å²) in [5.41, 5.74) is 1.04. The highest BCUT2D eigenvalue weighted by Gasteiger charge is 2.25. The molecule has 1 unspecified atom stereocenters. The normalized spacial score (nSPS) is 12.2. The molecule has 0 N–H and O–H groups in total. The van der Waals surface area contributed by atoms with Crippen molar-refractivity contribution in [1.82, 2.24) is 4.90 Å². The lowest BCUT2D eigenvalue weighted by Gasteiger charge is -2.33. The van der Waals surface area contributed by atoms with E-state index >= 15 is 0 Å². The monoisotopic (exact) mass is 260 g/mol. The van der Waals surface area contributed by atoms with Gasteiger partial charge in [-0.3, -0.25) is 9.69 Å². The number of benzene rings is 1. The first-order valence-corrected chi connectivity index (χ1v) is 6.34. The smallest absolute Gasteiger partial charge is 0.319 e. The predicted octanol–water partition coefficient (Wildman–Crippen LogP) is 2.52. The van der Waals surface area contributed by atoms with Crippen molar-refractivity contribution in [3.05, 3.63) is 35.9 Å². The fourth-order valence-electron chi connectivity index (χ4n) is 2.05. The van der Waals surface area contributed by atoms with Gasteiger partial charge in [-0.1, -0.05) is 30.3 Å². The quantitative estimate of drug-likeness (QED) is 0.737. The number of carbonyl (C=O) groups is 1. The van der Waals surface area contributed by atoms with Crippen LogP contribution in [0.3, 0.4) is 0 Å². The summed E-state index contributed by atoms with van der Waals surface area (Å²) in [7, 11) is 1.38. The Morgan fingerprint density at radius 2 is 2.00 bits per heavy atom. The van der Waals surface area contributed by atoms with Crippen LogP contribution in [0.5, 0.6) is 0 Å². The highest BCUT2D eigenvalue weighted by Crippen LogP contribution is 2.25. The number of hydrogen-bond acceptors (Lipinski definition) is 4. The van der Waals surface area contributed by atoms with Gasteiger partial charge in [-0.15, -0.1) is 0 Å². The molecule has 4 nitrogen and oxygen atoms in total. The molecule has 19 heavy (non-hydrogen) atoms. The highest BCUT2D eigenvalue weighted by molar-refractivity contribution is 5.71. The zero-order valence-electron chi connectivity index (χ0n) is 11.7. The van der Waals surface area contributed by atoms with E-state index in [0.29, 0.717) is 6.42 Å². The average molecular weight is 260 g/mol. The Morgan fingerprint density at radius 3 is 2.47 bits per heavy atom. The number of esters is 1. The van der Waals surface area contributed by atoms with Gasteiger partial charge in [0, 0.05) is 12.1 Å². The summed E-state index contributed by atoms with van der Waals surface area (Å²) >= 11 is 0. The summed E-state index contributed by atoms with van der Waals surface area (Å²) in [5, 5.41) is 9.03. The van der Waals surface area contributed by atoms with Crippen LogP contribution in [0.4, 0.5) is 0 Å². The van der Waals surface area contributed by atoms with Crippen molar-refractivity contribution in [3.63, 3.8) is 0 Å². The van der Waals surface area contributed by atoms with E-state index in [2.05, 4.69) is 6.07 Å². The summed E-state index contributed by atoms with van der Waals surface area (Å²) in [6.45, 7) is 4.21. The number of hydrogen-bond donors (Lipinski definition) is 0. The molecular formula is C15H20N2O2. The molecule has 0 aliphatic heterocycles. The van der Waals surface area contributed by atoms with Crippen LogP contribution in [0.15, 0.2) is 30.3 Å². The molecule has 0 radical (unpaired) electrons. The maximum absolute atomic E-state index is 11.5. The summed E-state index contributed by atoms with van der Waals surface area (Å²) in [6, 6.07) is 12.0. The molecule has 0 aliphatic carbocycles. The topological polar surface area (TPSA) is 53.3 Å². The van der Waals surface area contributed by atoms with Gasteiger partial charge in [0.25, 0.3) is 0 Å². The van der Waals surface area contributed by atoms with E-state index in [1.54, 1.807) is 0 Å². The number of rotatable bonds is 6. The van der Waals surface area contributed by atoms with Crippen molar-refractivity contribution < 1.29 is 9.53 Å². The van der Waals surface area contributed by atoms with Gasteiger partial charge >= 0.3 is 5.97 Å². The summed E-state index contributed by atoms with van der Waals surface area (Å²) < 4.78 is 4.73. The number of carbonyl (C=O) groups excluding carboxylic acids is 1. The third-order valence-electron chi connectivity index (χ3n) is 3.07. The Morgan fingerprint density at radius 1 is 1.37 bits per heavy atom. The van der Waals surface area contributed by atoms with E-state index in [0.717, 1.165) is 5.56 Å². The van der Waals surface area contributed by atoms with Gasteiger partial charge in [0.15, 0.2) is 0 Å². The lowest BCUT2D eigenvalue weighted by molar-refractivity contribution is -0.143. The third kappa shape index (κ3) is 4.38. The molecule has 0 fully saturated rings. The molecule has 1 rings (SSSR count). The minimum atomic E-state index is -0.285. The van der Waals surface area contributed by atoms with E-state index in [-0.39, 0.29) is 24.6 Å². The average Bonchev–Trinajstić information content (AvgIpc) is 2.43. The van der Waals surface area contributed by atoms with Crippen LogP contribution in [-0.2, 0) is 9.53 Å². The standard InChI is InChI=1S/C15H20N2O2/c1-12(2)17(11-15(18)19-3)14(9-10-16)13-7-5-4-6-8-13/h4-8,12,14H,9,11H2,1-3H3. The van der Waals surface area contributed by atoms with Crippen molar-refractivity contribution in [2.45, 2.75) is 32.4 Å². The molecule has 0 saturated heterocycles. The van der Waals surface area contributed by atoms with Crippen molar-refractivity contribution in [2.24, 2.45) is 0 Å². The SMILES string of the molecule is COC(=O)CN(C(C)C)C(CC#N)c1ccccc1. The molecule has 0 aromatic heterocycles. The number of nitriles is 1. The second-order valence-electron chi connectivity index (χ2n) is 4.63. The minimum Gasteiger partial charge on any atom is -0.468 e. The van der Waals surface area contributed by atoms with Gasteiger partial charge in [0.2, 0.25) is 0 Å². The van der Waals surface area contributed by atoms with Gasteiger partial charge in [-0.25, -0.2) is 0 Å². The Labute approximate surface area is 114 Å². The third-order valence-corrected chi connectivity index (χ3v) is 3.07. The van der Waals surface area contributed by atoms with E-state index in [4.69, 9.17) is 10.00 Å². The fraction of sp³-hybridized carbons (Fsp3) is 0.467. The zero-order chi connectivity index (χ0) is 14.3. The predicted molar refractivity (Wildman–Crippen MR) is 73.3 cm³/mol. The minimum absolute atomic E-state index is 0.0923. The Balaban J connectivity index is 3.00. The van der Waals surface area contributed by atoms with E-state index in [1.165, 1.54) is 7.11 Å². The Bertz CT molecular complexity index is 437. The Kier molecular flexibility index (Phi) is 6.04. The first-order valence-electron chi connectivity index (χ1n) is 6.34. The maximum atomic E-state index is 11.5. The van der Waals surface area contributed by atoms with Gasteiger partial charge in [-0.05, 0) is 19.4 Å². The molecule has 0 spiro atoms. The first kappa shape index (κ1) is 15.2. The molecule has 0 saturated carbocycles. The van der Waals surface area contributed by atoms with Crippen molar-refractivity contribution >= 4 is 5.97 Å². The molecule has 0 heterocycles. The van der Waals surface area contributed by atoms with E-state index in [9.17, 15) is 4.79 Å². The lowest BCUT2D eigenvalue weighted by Crippen LogP contribution is -2.39. The summed E-state index contributed by atoms with van der Waals surface area (Å²) in [4.78, 5) is 13.5. The van der Waals surface area contributed by atoms with Crippen LogP contribution in [0.2, 0.25) is 0 Å². The fourth-order valence-corrected chi connectivity index (χ4v) is 2.05. The molecule has 102 valence electrons. The Hall–Kier alpha value is -1.86. The number of ether oxygens (including phenoxy) is 1.